The van der Waals surface area contributed by atoms with E-state index in [1.54, 1.807) is 17.8 Å². The summed E-state index contributed by atoms with van der Waals surface area (Å²) >= 11 is 2.96. The summed E-state index contributed by atoms with van der Waals surface area (Å²) in [4.78, 5) is 22.9. The number of thioether (sulfide) groups is 2. The van der Waals surface area contributed by atoms with Crippen LogP contribution in [0.2, 0.25) is 0 Å². The first-order valence-corrected chi connectivity index (χ1v) is 11.7. The summed E-state index contributed by atoms with van der Waals surface area (Å²) < 4.78 is 0. The van der Waals surface area contributed by atoms with Gasteiger partial charge in [0.2, 0.25) is 0 Å². The normalized spacial score (nSPS) is 23.4. The Morgan fingerprint density at radius 1 is 1.25 bits per heavy atom. The molecule has 154 valence electrons. The summed E-state index contributed by atoms with van der Waals surface area (Å²) in [7, 11) is 0. The molecule has 1 saturated carbocycles. The van der Waals surface area contributed by atoms with Crippen molar-refractivity contribution >= 4 is 35.3 Å². The van der Waals surface area contributed by atoms with Crippen LogP contribution in [0.1, 0.15) is 18.4 Å². The van der Waals surface area contributed by atoms with Crippen LogP contribution in [-0.4, -0.2) is 62.3 Å². The van der Waals surface area contributed by atoms with Crippen LogP contribution in [0.4, 0.5) is 0 Å². The summed E-state index contributed by atoms with van der Waals surface area (Å²) in [6.45, 7) is -0.0406. The Labute approximate surface area is 174 Å². The Balaban J connectivity index is 1.86. The lowest BCUT2D eigenvalue weighted by atomic mass is 9.95. The summed E-state index contributed by atoms with van der Waals surface area (Å²) in [6.07, 6.45) is 4.73. The van der Waals surface area contributed by atoms with E-state index < -0.39 is 12.1 Å². The van der Waals surface area contributed by atoms with Crippen molar-refractivity contribution in [1.29, 1.82) is 0 Å². The Morgan fingerprint density at radius 2 is 2.00 bits per heavy atom. The molecule has 0 aromatic heterocycles. The highest BCUT2D eigenvalue weighted by Crippen LogP contribution is 2.38. The fourth-order valence-corrected chi connectivity index (χ4v) is 5.56. The molecule has 0 spiro atoms. The van der Waals surface area contributed by atoms with Crippen LogP contribution >= 0.6 is 23.5 Å². The average molecular weight is 425 g/mol. The van der Waals surface area contributed by atoms with Gasteiger partial charge in [-0.2, -0.15) is 11.8 Å². The molecule has 0 saturated heterocycles. The summed E-state index contributed by atoms with van der Waals surface area (Å²) in [6, 6.07) is 9.74. The molecule has 2 rings (SSSR count). The highest BCUT2D eigenvalue weighted by atomic mass is 32.2. The van der Waals surface area contributed by atoms with Crippen molar-refractivity contribution in [3.8, 4) is 0 Å². The molecule has 0 unspecified atom stereocenters. The Bertz CT molecular complexity index is 649. The second-order valence-electron chi connectivity index (χ2n) is 6.92. The Kier molecular flexibility index (Phi) is 10.1. The first-order chi connectivity index (χ1) is 13.5. The molecule has 5 nitrogen and oxygen atoms in total. The quantitative estimate of drug-likeness (QED) is 0.351. The minimum Gasteiger partial charge on any atom is -0.481 e. The first kappa shape index (κ1) is 23.0. The molecule has 1 aromatic rings. The van der Waals surface area contributed by atoms with Gasteiger partial charge in [0.15, 0.2) is 0 Å². The topological polar surface area (TPSA) is 94.8 Å². The Morgan fingerprint density at radius 3 is 2.68 bits per heavy atom. The monoisotopic (exact) mass is 424 g/mol. The summed E-state index contributed by atoms with van der Waals surface area (Å²) in [5, 5.41) is 28.4. The van der Waals surface area contributed by atoms with Crippen molar-refractivity contribution in [2.75, 3.05) is 23.9 Å². The van der Waals surface area contributed by atoms with Gasteiger partial charge in [-0.05, 0) is 29.4 Å². The number of allylic oxidation sites excluding steroid dienone is 1. The Hall–Kier alpha value is -1.28. The van der Waals surface area contributed by atoms with Crippen LogP contribution in [0.5, 0.6) is 0 Å². The molecule has 1 aliphatic rings. The molecule has 1 aromatic carbocycles. The van der Waals surface area contributed by atoms with Crippen LogP contribution in [0.15, 0.2) is 42.5 Å². The van der Waals surface area contributed by atoms with Crippen molar-refractivity contribution in [1.82, 2.24) is 0 Å². The molecule has 0 radical (unpaired) electrons. The number of carboxylic acid groups (broad SMARTS) is 1. The van der Waals surface area contributed by atoms with E-state index in [0.717, 1.165) is 23.5 Å². The lowest BCUT2D eigenvalue weighted by Crippen LogP contribution is -2.21. The zero-order valence-electron chi connectivity index (χ0n) is 15.8. The maximum Gasteiger partial charge on any atom is 0.313 e. The fourth-order valence-electron chi connectivity index (χ4n) is 3.33. The maximum atomic E-state index is 12.4. The second kappa shape index (κ2) is 12.3. The van der Waals surface area contributed by atoms with Gasteiger partial charge in [-0.25, -0.2) is 0 Å². The van der Waals surface area contributed by atoms with Crippen molar-refractivity contribution in [2.24, 2.45) is 11.8 Å². The van der Waals surface area contributed by atoms with Gasteiger partial charge in [-0.1, -0.05) is 42.5 Å². The average Bonchev–Trinajstić information content (AvgIpc) is 2.98. The number of carbonyl (C=O) groups excluding carboxylic acids is 1. The van der Waals surface area contributed by atoms with Gasteiger partial charge in [-0.15, -0.1) is 11.8 Å². The van der Waals surface area contributed by atoms with Gasteiger partial charge in [0, 0.05) is 25.4 Å². The highest BCUT2D eigenvalue weighted by molar-refractivity contribution is 8.01. The van der Waals surface area contributed by atoms with Crippen LogP contribution in [-0.2, 0) is 16.0 Å². The summed E-state index contributed by atoms with van der Waals surface area (Å²) in [5.74, 6) is 0.775. The predicted octanol–water partition coefficient (Wildman–Crippen LogP) is 2.65. The van der Waals surface area contributed by atoms with E-state index in [0.29, 0.717) is 12.8 Å². The minimum absolute atomic E-state index is 0.0406. The van der Waals surface area contributed by atoms with E-state index in [4.69, 9.17) is 5.11 Å². The van der Waals surface area contributed by atoms with E-state index in [1.165, 1.54) is 11.8 Å². The van der Waals surface area contributed by atoms with E-state index >= 15 is 0 Å². The zero-order chi connectivity index (χ0) is 20.4. The molecule has 0 heterocycles. The van der Waals surface area contributed by atoms with Crippen molar-refractivity contribution in [3.05, 3.63) is 48.0 Å². The number of Topliss-reactive ketones (excluding diaryl/α,β-unsaturated/α-hetero) is 1. The molecular formula is C21H28O5S2. The zero-order valence-corrected chi connectivity index (χ0v) is 17.4. The number of ketones is 1. The standard InChI is InChI=1S/C21H28O5S2/c22-13-16-12-19(24)21(28-10-4-9-27-14-20(25)26)18(16)8-7-17(23)11-15-5-2-1-3-6-15/h1-3,5-8,16-18,21-23H,4,9-14H2,(H,25,26)/t16-,17+,18-,21+/m0/s1. The lowest BCUT2D eigenvalue weighted by molar-refractivity contribution is -0.133. The van der Waals surface area contributed by atoms with Crippen molar-refractivity contribution in [2.45, 2.75) is 30.6 Å². The largest absolute Gasteiger partial charge is 0.481 e. The number of carboxylic acids is 1. The number of hydrogen-bond acceptors (Lipinski definition) is 6. The van der Waals surface area contributed by atoms with Gasteiger partial charge in [-0.3, -0.25) is 9.59 Å². The number of carbonyl (C=O) groups is 2. The van der Waals surface area contributed by atoms with Gasteiger partial charge in [0.25, 0.3) is 0 Å². The second-order valence-corrected chi connectivity index (χ2v) is 9.28. The molecule has 0 amide bonds. The SMILES string of the molecule is O=C(O)CSCCCS[C@H]1C(=O)C[C@@H](CO)[C@@H]1C=C[C@@H](O)Cc1ccccc1. The van der Waals surface area contributed by atoms with Gasteiger partial charge in [0.1, 0.15) is 5.78 Å². The molecule has 7 heteroatoms. The van der Waals surface area contributed by atoms with E-state index in [1.807, 2.05) is 36.4 Å². The fraction of sp³-hybridized carbons (Fsp3) is 0.524. The molecule has 0 bridgehead atoms. The van der Waals surface area contributed by atoms with Crippen molar-refractivity contribution < 1.29 is 24.9 Å². The van der Waals surface area contributed by atoms with E-state index in [9.17, 15) is 19.8 Å². The third-order valence-corrected chi connectivity index (χ3v) is 7.20. The highest BCUT2D eigenvalue weighted by Gasteiger charge is 2.40. The number of aliphatic carboxylic acids is 1. The third kappa shape index (κ3) is 7.62. The third-order valence-electron chi connectivity index (χ3n) is 4.71. The van der Waals surface area contributed by atoms with Crippen LogP contribution in [0.25, 0.3) is 0 Å². The molecule has 3 N–H and O–H groups in total. The van der Waals surface area contributed by atoms with Gasteiger partial charge < -0.3 is 15.3 Å². The van der Waals surface area contributed by atoms with Gasteiger partial charge in [0.05, 0.1) is 17.1 Å². The summed E-state index contributed by atoms with van der Waals surface area (Å²) in [5.41, 5.74) is 1.05. The molecule has 1 aliphatic carbocycles. The van der Waals surface area contributed by atoms with Crippen molar-refractivity contribution in [3.63, 3.8) is 0 Å². The number of rotatable bonds is 12. The first-order valence-electron chi connectivity index (χ1n) is 9.46. The molecule has 28 heavy (non-hydrogen) atoms. The molecule has 0 aliphatic heterocycles. The smallest absolute Gasteiger partial charge is 0.313 e. The molecular weight excluding hydrogens is 396 g/mol. The molecule has 1 fully saturated rings. The van der Waals surface area contributed by atoms with E-state index in [2.05, 4.69) is 0 Å². The number of benzene rings is 1. The number of aliphatic hydroxyl groups excluding tert-OH is 2. The van der Waals surface area contributed by atoms with Crippen LogP contribution < -0.4 is 0 Å². The molecule has 4 atom stereocenters. The lowest BCUT2D eigenvalue weighted by Gasteiger charge is -2.19. The number of aliphatic hydroxyl groups is 2. The van der Waals surface area contributed by atoms with Crippen LogP contribution in [0, 0.1) is 11.8 Å². The maximum absolute atomic E-state index is 12.4. The van der Waals surface area contributed by atoms with Crippen LogP contribution in [0.3, 0.4) is 0 Å². The van der Waals surface area contributed by atoms with E-state index in [-0.39, 0.29) is 35.2 Å². The minimum atomic E-state index is -0.811. The number of hydrogen-bond donors (Lipinski definition) is 3. The van der Waals surface area contributed by atoms with Gasteiger partial charge >= 0.3 is 5.97 Å². The predicted molar refractivity (Wildman–Crippen MR) is 115 cm³/mol.